The van der Waals surface area contributed by atoms with E-state index in [2.05, 4.69) is 26.2 Å². The second-order valence-corrected chi connectivity index (χ2v) is 6.36. The van der Waals surface area contributed by atoms with Crippen LogP contribution in [0.3, 0.4) is 0 Å². The number of halogens is 1. The van der Waals surface area contributed by atoms with Crippen LogP contribution in [0.5, 0.6) is 0 Å². The molecule has 1 amide bonds. The molecule has 0 spiro atoms. The van der Waals surface area contributed by atoms with Gasteiger partial charge in [-0.05, 0) is 49.2 Å². The first kappa shape index (κ1) is 17.9. The van der Waals surface area contributed by atoms with Crippen LogP contribution in [0.25, 0.3) is 0 Å². The number of hydrogen-bond donors (Lipinski definition) is 3. The molecule has 7 heteroatoms. The number of carbonyl (C=O) groups excluding carboxylic acids is 1. The minimum atomic E-state index is -1.08. The fourth-order valence-corrected chi connectivity index (χ4v) is 2.11. The lowest BCUT2D eigenvalue weighted by Gasteiger charge is -2.21. The van der Waals surface area contributed by atoms with Crippen LogP contribution in [0.4, 0.5) is 4.79 Å². The zero-order chi connectivity index (χ0) is 16.0. The lowest BCUT2D eigenvalue weighted by Crippen LogP contribution is -2.34. The van der Waals surface area contributed by atoms with Gasteiger partial charge in [0.05, 0.1) is 6.10 Å². The maximum atomic E-state index is 11.4. The molecule has 1 heterocycles. The summed E-state index contributed by atoms with van der Waals surface area (Å²) >= 11 is 3.22. The number of hydrogen-bond acceptors (Lipinski definition) is 5. The molecule has 6 nitrogen and oxygen atoms in total. The van der Waals surface area contributed by atoms with Gasteiger partial charge in [-0.3, -0.25) is 0 Å². The van der Waals surface area contributed by atoms with Crippen molar-refractivity contribution in [2.24, 2.45) is 0 Å². The van der Waals surface area contributed by atoms with Crippen molar-refractivity contribution >= 4 is 22.0 Å². The highest BCUT2D eigenvalue weighted by Gasteiger charge is 2.21. The van der Waals surface area contributed by atoms with E-state index in [1.54, 1.807) is 39.1 Å². The normalized spacial score (nSPS) is 14.4. The Morgan fingerprint density at radius 1 is 1.48 bits per heavy atom. The molecule has 0 saturated carbocycles. The van der Waals surface area contributed by atoms with Gasteiger partial charge in [0.15, 0.2) is 0 Å². The number of aliphatic hydroxyl groups is 2. The van der Waals surface area contributed by atoms with Crippen molar-refractivity contribution in [2.45, 2.75) is 45.0 Å². The molecule has 1 rings (SSSR count). The van der Waals surface area contributed by atoms with E-state index in [0.29, 0.717) is 10.2 Å². The van der Waals surface area contributed by atoms with Crippen molar-refractivity contribution in [1.82, 2.24) is 10.3 Å². The maximum absolute atomic E-state index is 11.4. The van der Waals surface area contributed by atoms with Gasteiger partial charge < -0.3 is 20.3 Å². The molecule has 118 valence electrons. The van der Waals surface area contributed by atoms with Crippen LogP contribution in [-0.4, -0.2) is 39.5 Å². The minimum Gasteiger partial charge on any atom is -0.444 e. The highest BCUT2D eigenvalue weighted by atomic mass is 79.9. The predicted molar refractivity (Wildman–Crippen MR) is 81.8 cm³/mol. The highest BCUT2D eigenvalue weighted by Crippen LogP contribution is 2.24. The molecular weight excluding hydrogens is 340 g/mol. The fourth-order valence-electron chi connectivity index (χ4n) is 1.62. The number of amides is 1. The standard InChI is InChI=1S/C14H21BrN2O4/c1-14(2,3)21-13(20)17-8-6-10(18)11(19)9-5-4-7-16-12(9)15/h4-5,7,10-11,18-19H,6,8H2,1-3H3,(H,17,20). The molecule has 1 aromatic heterocycles. The van der Waals surface area contributed by atoms with E-state index < -0.39 is 23.9 Å². The van der Waals surface area contributed by atoms with E-state index in [-0.39, 0.29) is 13.0 Å². The first-order valence-electron chi connectivity index (χ1n) is 6.64. The van der Waals surface area contributed by atoms with Crippen molar-refractivity contribution in [3.05, 3.63) is 28.5 Å². The van der Waals surface area contributed by atoms with E-state index >= 15 is 0 Å². The van der Waals surface area contributed by atoms with Gasteiger partial charge >= 0.3 is 6.09 Å². The van der Waals surface area contributed by atoms with Crippen LogP contribution >= 0.6 is 15.9 Å². The summed E-state index contributed by atoms with van der Waals surface area (Å²) in [4.78, 5) is 15.4. The lowest BCUT2D eigenvalue weighted by molar-refractivity contribution is 0.0117. The molecule has 3 N–H and O–H groups in total. The average molecular weight is 361 g/mol. The second-order valence-electron chi connectivity index (χ2n) is 5.61. The maximum Gasteiger partial charge on any atom is 0.407 e. The second kappa shape index (κ2) is 7.72. The SMILES string of the molecule is CC(C)(C)OC(=O)NCCC(O)C(O)c1cccnc1Br. The Morgan fingerprint density at radius 3 is 2.71 bits per heavy atom. The van der Waals surface area contributed by atoms with E-state index in [1.165, 1.54) is 0 Å². The Labute approximate surface area is 132 Å². The summed E-state index contributed by atoms with van der Waals surface area (Å²) in [5.74, 6) is 0. The summed E-state index contributed by atoms with van der Waals surface area (Å²) in [5, 5.41) is 22.5. The number of rotatable bonds is 5. The molecule has 0 saturated heterocycles. The van der Waals surface area contributed by atoms with Crippen molar-refractivity contribution in [3.8, 4) is 0 Å². The number of alkyl carbamates (subject to hydrolysis) is 1. The molecule has 2 atom stereocenters. The van der Waals surface area contributed by atoms with Crippen LogP contribution in [0, 0.1) is 0 Å². The Balaban J connectivity index is 2.42. The van der Waals surface area contributed by atoms with E-state index in [9.17, 15) is 15.0 Å². The molecule has 21 heavy (non-hydrogen) atoms. The molecule has 0 aromatic carbocycles. The lowest BCUT2D eigenvalue weighted by atomic mass is 10.0. The van der Waals surface area contributed by atoms with Gasteiger partial charge in [0.2, 0.25) is 0 Å². The molecule has 1 aromatic rings. The van der Waals surface area contributed by atoms with Gasteiger partial charge in [-0.2, -0.15) is 0 Å². The third-order valence-electron chi connectivity index (χ3n) is 2.58. The third kappa shape index (κ3) is 6.41. The minimum absolute atomic E-state index is 0.196. The largest absolute Gasteiger partial charge is 0.444 e. The number of aliphatic hydroxyl groups excluding tert-OH is 2. The van der Waals surface area contributed by atoms with Gasteiger partial charge in [-0.25, -0.2) is 9.78 Å². The van der Waals surface area contributed by atoms with Gasteiger partial charge in [0, 0.05) is 18.3 Å². The topological polar surface area (TPSA) is 91.7 Å². The summed E-state index contributed by atoms with van der Waals surface area (Å²) in [7, 11) is 0. The Bertz CT molecular complexity index is 476. The number of aromatic nitrogens is 1. The first-order chi connectivity index (χ1) is 9.70. The van der Waals surface area contributed by atoms with Crippen molar-refractivity contribution in [3.63, 3.8) is 0 Å². The van der Waals surface area contributed by atoms with Crippen LogP contribution in [0.15, 0.2) is 22.9 Å². The molecule has 2 unspecified atom stereocenters. The summed E-state index contributed by atoms with van der Waals surface area (Å²) in [6, 6.07) is 3.35. The number of nitrogens with zero attached hydrogens (tertiary/aromatic N) is 1. The number of nitrogens with one attached hydrogen (secondary N) is 1. The predicted octanol–water partition coefficient (Wildman–Crippen LogP) is 2.15. The van der Waals surface area contributed by atoms with Crippen LogP contribution in [0.2, 0.25) is 0 Å². The smallest absolute Gasteiger partial charge is 0.407 e. The van der Waals surface area contributed by atoms with Gasteiger partial charge in [0.1, 0.15) is 16.3 Å². The van der Waals surface area contributed by atoms with Gasteiger partial charge in [0.25, 0.3) is 0 Å². The molecule has 0 aliphatic rings. The summed E-state index contributed by atoms with van der Waals surface area (Å²) in [6.07, 6.45) is -0.862. The van der Waals surface area contributed by atoms with Crippen LogP contribution in [0.1, 0.15) is 38.9 Å². The molecular formula is C14H21BrN2O4. The van der Waals surface area contributed by atoms with Gasteiger partial charge in [-0.1, -0.05) is 6.07 Å². The molecule has 0 aliphatic heterocycles. The molecule has 0 fully saturated rings. The summed E-state index contributed by atoms with van der Waals surface area (Å²) < 4.78 is 5.56. The highest BCUT2D eigenvalue weighted by molar-refractivity contribution is 9.10. The monoisotopic (exact) mass is 360 g/mol. The molecule has 0 radical (unpaired) electrons. The number of pyridine rings is 1. The van der Waals surface area contributed by atoms with E-state index in [1.807, 2.05) is 0 Å². The average Bonchev–Trinajstić information content (AvgIpc) is 2.36. The van der Waals surface area contributed by atoms with Crippen LogP contribution < -0.4 is 5.32 Å². The third-order valence-corrected chi connectivity index (χ3v) is 3.24. The Kier molecular flexibility index (Phi) is 6.57. The zero-order valence-corrected chi connectivity index (χ0v) is 13.9. The molecule has 0 aliphatic carbocycles. The van der Waals surface area contributed by atoms with Crippen LogP contribution in [-0.2, 0) is 4.74 Å². The van der Waals surface area contributed by atoms with E-state index in [0.717, 1.165) is 0 Å². The molecule has 0 bridgehead atoms. The first-order valence-corrected chi connectivity index (χ1v) is 7.43. The van der Waals surface area contributed by atoms with Crippen molar-refractivity contribution < 1.29 is 19.7 Å². The number of carbonyl (C=O) groups is 1. The van der Waals surface area contributed by atoms with Crippen molar-refractivity contribution in [2.75, 3.05) is 6.54 Å². The quantitative estimate of drug-likeness (QED) is 0.699. The number of ether oxygens (including phenoxy) is 1. The zero-order valence-electron chi connectivity index (χ0n) is 12.3. The Morgan fingerprint density at radius 2 is 2.14 bits per heavy atom. The summed E-state index contributed by atoms with van der Waals surface area (Å²) in [6.45, 7) is 5.51. The fraction of sp³-hybridized carbons (Fsp3) is 0.571. The summed E-state index contributed by atoms with van der Waals surface area (Å²) in [5.41, 5.74) is -0.0646. The van der Waals surface area contributed by atoms with Gasteiger partial charge in [-0.15, -0.1) is 0 Å². The van der Waals surface area contributed by atoms with E-state index in [4.69, 9.17) is 4.74 Å². The Hall–Kier alpha value is -1.18. The van der Waals surface area contributed by atoms with Crippen molar-refractivity contribution in [1.29, 1.82) is 0 Å².